The molecule has 8 heavy (non-hydrogen) atoms. The SMILES string of the molecule is BCc1nc(C)no1. The lowest BCUT2D eigenvalue weighted by atomic mass is 10.1. The molecule has 0 unspecified atom stereocenters. The van der Waals surface area contributed by atoms with Crippen LogP contribution in [-0.2, 0) is 6.32 Å². The minimum absolute atomic E-state index is 0.710. The molecule has 3 nitrogen and oxygen atoms in total. The van der Waals surface area contributed by atoms with Crippen LogP contribution in [0.1, 0.15) is 11.7 Å². The molecule has 0 N–H and O–H groups in total. The van der Waals surface area contributed by atoms with Gasteiger partial charge in [0, 0.05) is 0 Å². The lowest BCUT2D eigenvalue weighted by Gasteiger charge is -1.74. The Bertz CT molecular complexity index is 174. The topological polar surface area (TPSA) is 38.9 Å². The number of hydrogen-bond donors (Lipinski definition) is 0. The molecule has 0 fully saturated rings. The van der Waals surface area contributed by atoms with Gasteiger partial charge in [-0.2, -0.15) is 4.98 Å². The molecule has 0 atom stereocenters. The second-order valence-electron chi connectivity index (χ2n) is 1.59. The quantitative estimate of drug-likeness (QED) is 0.458. The Morgan fingerprint density at radius 2 is 2.50 bits per heavy atom. The van der Waals surface area contributed by atoms with Gasteiger partial charge in [0.15, 0.2) is 5.82 Å². The predicted octanol–water partition coefficient (Wildman–Crippen LogP) is -0.489. The Balaban J connectivity index is 2.84. The average molecular weight is 110 g/mol. The Labute approximate surface area is 48.5 Å². The van der Waals surface area contributed by atoms with Crippen LogP contribution in [0.2, 0.25) is 0 Å². The summed E-state index contributed by atoms with van der Waals surface area (Å²) in [5, 5.41) is 3.60. The maximum atomic E-state index is 4.75. The first-order valence-electron chi connectivity index (χ1n) is 2.62. The average Bonchev–Trinajstić information content (AvgIpc) is 2.14. The number of nitrogens with zero attached hydrogens (tertiary/aromatic N) is 2. The van der Waals surface area contributed by atoms with Crippen molar-refractivity contribution in [2.45, 2.75) is 13.2 Å². The van der Waals surface area contributed by atoms with Crippen molar-refractivity contribution < 1.29 is 4.52 Å². The molecule has 0 amide bonds. The molecule has 0 bridgehead atoms. The molecule has 1 heterocycles. The fourth-order valence-corrected chi connectivity index (χ4v) is 0.484. The molecule has 42 valence electrons. The fraction of sp³-hybridized carbons (Fsp3) is 0.500. The van der Waals surface area contributed by atoms with Crippen molar-refractivity contribution in [1.29, 1.82) is 0 Å². The van der Waals surface area contributed by atoms with Crippen LogP contribution in [-0.4, -0.2) is 18.0 Å². The van der Waals surface area contributed by atoms with Gasteiger partial charge < -0.3 is 4.52 Å². The summed E-state index contributed by atoms with van der Waals surface area (Å²) in [4.78, 5) is 3.95. The second-order valence-corrected chi connectivity index (χ2v) is 1.59. The summed E-state index contributed by atoms with van der Waals surface area (Å²) in [6.45, 7) is 1.81. The second kappa shape index (κ2) is 1.98. The number of aromatic nitrogens is 2. The third-order valence-corrected chi connectivity index (χ3v) is 0.872. The number of aryl methyl sites for hydroxylation is 1. The highest BCUT2D eigenvalue weighted by Crippen LogP contribution is 1.92. The van der Waals surface area contributed by atoms with E-state index in [9.17, 15) is 0 Å². The molecule has 0 aliphatic carbocycles. The maximum absolute atomic E-state index is 4.75. The highest BCUT2D eigenvalue weighted by atomic mass is 16.5. The molecule has 0 spiro atoms. The highest BCUT2D eigenvalue weighted by Gasteiger charge is 1.95. The molecule has 0 saturated carbocycles. The van der Waals surface area contributed by atoms with Crippen molar-refractivity contribution in [3.05, 3.63) is 11.7 Å². The maximum Gasteiger partial charge on any atom is 0.218 e. The highest BCUT2D eigenvalue weighted by molar-refractivity contribution is 6.07. The van der Waals surface area contributed by atoms with Gasteiger partial charge in [0.2, 0.25) is 5.89 Å². The molecule has 0 aromatic carbocycles. The largest absolute Gasteiger partial charge is 0.340 e. The van der Waals surface area contributed by atoms with Crippen LogP contribution in [0.15, 0.2) is 4.52 Å². The zero-order valence-electron chi connectivity index (χ0n) is 5.01. The van der Waals surface area contributed by atoms with Gasteiger partial charge in [-0.25, -0.2) is 0 Å². The summed E-state index contributed by atoms with van der Waals surface area (Å²) in [6, 6.07) is 0. The summed E-state index contributed by atoms with van der Waals surface area (Å²) in [7, 11) is 1.98. The summed E-state index contributed by atoms with van der Waals surface area (Å²) in [5.41, 5.74) is 0. The molecule has 0 aliphatic heterocycles. The molecule has 0 radical (unpaired) electrons. The Morgan fingerprint density at radius 1 is 1.75 bits per heavy atom. The predicted molar refractivity (Wildman–Crippen MR) is 31.3 cm³/mol. The van der Waals surface area contributed by atoms with Crippen molar-refractivity contribution in [3.63, 3.8) is 0 Å². The molecular formula is C4H7BN2O. The van der Waals surface area contributed by atoms with Crippen LogP contribution in [0.25, 0.3) is 0 Å². The minimum Gasteiger partial charge on any atom is -0.340 e. The molecule has 4 heteroatoms. The van der Waals surface area contributed by atoms with E-state index in [0.29, 0.717) is 11.7 Å². The van der Waals surface area contributed by atoms with Crippen LogP contribution < -0.4 is 0 Å². The standard InChI is InChI=1S/C4H7BN2O/c1-3-6-4(2-5)8-7-3/h2,5H2,1H3. The van der Waals surface area contributed by atoms with Crippen molar-refractivity contribution in [1.82, 2.24) is 10.1 Å². The third kappa shape index (κ3) is 0.884. The Morgan fingerprint density at radius 3 is 2.75 bits per heavy atom. The number of hydrogen-bond acceptors (Lipinski definition) is 3. The molecule has 1 aromatic rings. The van der Waals surface area contributed by atoms with Gasteiger partial charge in [0.05, 0.1) is 0 Å². The van der Waals surface area contributed by atoms with Gasteiger partial charge in [-0.3, -0.25) is 0 Å². The van der Waals surface area contributed by atoms with Crippen LogP contribution >= 0.6 is 0 Å². The normalized spacial score (nSPS) is 9.62. The van der Waals surface area contributed by atoms with Gasteiger partial charge in [-0.05, 0) is 13.2 Å². The molecule has 0 aliphatic rings. The Hall–Kier alpha value is -0.795. The van der Waals surface area contributed by atoms with E-state index < -0.39 is 0 Å². The first kappa shape index (κ1) is 5.34. The van der Waals surface area contributed by atoms with Gasteiger partial charge in [0.25, 0.3) is 0 Å². The molecular weight excluding hydrogens is 103 g/mol. The van der Waals surface area contributed by atoms with Crippen LogP contribution in [0.4, 0.5) is 0 Å². The molecule has 0 saturated heterocycles. The van der Waals surface area contributed by atoms with Crippen molar-refractivity contribution in [2.75, 3.05) is 0 Å². The fourth-order valence-electron chi connectivity index (χ4n) is 0.484. The van der Waals surface area contributed by atoms with Gasteiger partial charge in [-0.1, -0.05) is 5.16 Å². The van der Waals surface area contributed by atoms with E-state index in [4.69, 9.17) is 4.52 Å². The van der Waals surface area contributed by atoms with Crippen LogP contribution in [0.5, 0.6) is 0 Å². The van der Waals surface area contributed by atoms with Gasteiger partial charge in [0.1, 0.15) is 7.85 Å². The van der Waals surface area contributed by atoms with E-state index in [1.165, 1.54) is 0 Å². The molecule has 1 rings (SSSR count). The van der Waals surface area contributed by atoms with E-state index in [1.54, 1.807) is 0 Å². The lowest BCUT2D eigenvalue weighted by Crippen LogP contribution is -1.81. The zero-order valence-corrected chi connectivity index (χ0v) is 5.01. The zero-order chi connectivity index (χ0) is 5.98. The van der Waals surface area contributed by atoms with E-state index in [1.807, 2.05) is 14.8 Å². The Kier molecular flexibility index (Phi) is 1.33. The first-order chi connectivity index (χ1) is 3.83. The smallest absolute Gasteiger partial charge is 0.218 e. The first-order valence-corrected chi connectivity index (χ1v) is 2.62. The van der Waals surface area contributed by atoms with E-state index in [-0.39, 0.29) is 0 Å². The van der Waals surface area contributed by atoms with Gasteiger partial charge >= 0.3 is 0 Å². The van der Waals surface area contributed by atoms with E-state index in [2.05, 4.69) is 10.1 Å². The van der Waals surface area contributed by atoms with Crippen LogP contribution in [0, 0.1) is 6.92 Å². The summed E-state index contributed by atoms with van der Waals surface area (Å²) in [6.07, 6.45) is 0.820. The lowest BCUT2D eigenvalue weighted by molar-refractivity contribution is 0.386. The van der Waals surface area contributed by atoms with Crippen LogP contribution in [0.3, 0.4) is 0 Å². The van der Waals surface area contributed by atoms with Crippen molar-refractivity contribution in [2.24, 2.45) is 0 Å². The summed E-state index contributed by atoms with van der Waals surface area (Å²) >= 11 is 0. The van der Waals surface area contributed by atoms with Crippen molar-refractivity contribution in [3.8, 4) is 0 Å². The molecule has 1 aromatic heterocycles. The van der Waals surface area contributed by atoms with E-state index >= 15 is 0 Å². The van der Waals surface area contributed by atoms with E-state index in [0.717, 1.165) is 6.32 Å². The monoisotopic (exact) mass is 110 g/mol. The van der Waals surface area contributed by atoms with Crippen molar-refractivity contribution >= 4 is 7.85 Å². The minimum atomic E-state index is 0.710. The number of rotatable bonds is 1. The third-order valence-electron chi connectivity index (χ3n) is 0.872. The summed E-state index contributed by atoms with van der Waals surface area (Å²) in [5.74, 6) is 1.42. The summed E-state index contributed by atoms with van der Waals surface area (Å²) < 4.78 is 4.75. The van der Waals surface area contributed by atoms with Gasteiger partial charge in [-0.15, -0.1) is 0 Å².